The molecule has 1 saturated heterocycles. The Morgan fingerprint density at radius 2 is 1.86 bits per heavy atom. The van der Waals surface area contributed by atoms with Crippen molar-refractivity contribution in [1.82, 2.24) is 4.90 Å². The van der Waals surface area contributed by atoms with Crippen LogP contribution in [-0.4, -0.2) is 42.5 Å². The zero-order valence-corrected chi connectivity index (χ0v) is 20.8. The summed E-state index contributed by atoms with van der Waals surface area (Å²) in [4.78, 5) is 27.7. The van der Waals surface area contributed by atoms with Crippen molar-refractivity contribution in [2.45, 2.75) is 61.2 Å². The molecule has 6 nitrogen and oxygen atoms in total. The van der Waals surface area contributed by atoms with E-state index in [1.807, 2.05) is 0 Å². The smallest absolute Gasteiger partial charge is 0.368 e. The van der Waals surface area contributed by atoms with Crippen LogP contribution >= 0.6 is 0 Å². The zero-order chi connectivity index (χ0) is 26.9. The van der Waals surface area contributed by atoms with E-state index in [-0.39, 0.29) is 40.0 Å². The fourth-order valence-electron chi connectivity index (χ4n) is 6.13. The van der Waals surface area contributed by atoms with Gasteiger partial charge in [0.1, 0.15) is 11.9 Å². The van der Waals surface area contributed by atoms with E-state index in [4.69, 9.17) is 5.73 Å². The van der Waals surface area contributed by atoms with Crippen molar-refractivity contribution in [2.75, 3.05) is 5.75 Å². The molecule has 5 rings (SSSR count). The molecule has 2 amide bonds. The summed E-state index contributed by atoms with van der Waals surface area (Å²) >= 11 is 0. The van der Waals surface area contributed by atoms with Gasteiger partial charge >= 0.3 is 6.18 Å². The highest BCUT2D eigenvalue weighted by Gasteiger charge is 2.73. The number of benzene rings is 2. The van der Waals surface area contributed by atoms with E-state index >= 15 is 4.39 Å². The van der Waals surface area contributed by atoms with Crippen molar-refractivity contribution in [1.29, 1.82) is 0 Å². The van der Waals surface area contributed by atoms with Gasteiger partial charge in [-0.15, -0.1) is 0 Å². The van der Waals surface area contributed by atoms with Crippen LogP contribution in [0.2, 0.25) is 0 Å². The fourth-order valence-corrected chi connectivity index (χ4v) is 7.06. The van der Waals surface area contributed by atoms with Gasteiger partial charge in [-0.25, -0.2) is 12.8 Å². The maximum atomic E-state index is 15.2. The van der Waals surface area contributed by atoms with E-state index in [2.05, 4.69) is 0 Å². The number of piperidine rings is 1. The lowest BCUT2D eigenvalue weighted by molar-refractivity contribution is -0.137. The number of hydrogen-bond donors (Lipinski definition) is 1. The molecule has 2 aromatic rings. The van der Waals surface area contributed by atoms with Gasteiger partial charge in [0.05, 0.1) is 21.8 Å². The number of amides is 2. The molecule has 37 heavy (non-hydrogen) atoms. The Morgan fingerprint density at radius 1 is 1.16 bits per heavy atom. The highest BCUT2D eigenvalue weighted by Crippen LogP contribution is 2.69. The minimum Gasteiger partial charge on any atom is -0.368 e. The number of hydrogen-bond acceptors (Lipinski definition) is 4. The molecule has 0 bridgehead atoms. The lowest BCUT2D eigenvalue weighted by Gasteiger charge is -2.39. The van der Waals surface area contributed by atoms with E-state index in [9.17, 15) is 31.2 Å². The van der Waals surface area contributed by atoms with E-state index in [1.165, 1.54) is 36.1 Å². The third-order valence-electron chi connectivity index (χ3n) is 8.05. The van der Waals surface area contributed by atoms with Crippen LogP contribution in [0.15, 0.2) is 47.4 Å². The van der Waals surface area contributed by atoms with Crippen LogP contribution in [0, 0.1) is 17.7 Å². The molecule has 2 N–H and O–H groups in total. The SMILES string of the molecule is CCS(=O)(=O)c1cccc(C(=O)N2C(C(N)=O)CC3CC32[C@@H](c2ccc(C(F)(F)F)cc2F)C2CC2)c1. The number of carbonyl (C=O) groups excluding carboxylic acids is 2. The summed E-state index contributed by atoms with van der Waals surface area (Å²) in [6.07, 6.45) is -2.55. The molecule has 2 saturated carbocycles. The van der Waals surface area contributed by atoms with Gasteiger partial charge in [0, 0.05) is 11.5 Å². The monoisotopic (exact) mass is 538 g/mol. The predicted molar refractivity (Wildman–Crippen MR) is 126 cm³/mol. The first-order valence-corrected chi connectivity index (χ1v) is 13.8. The minimum absolute atomic E-state index is 0.0374. The number of fused-ring (bicyclic) bond motifs is 1. The van der Waals surface area contributed by atoms with Gasteiger partial charge in [0.2, 0.25) is 5.91 Å². The van der Waals surface area contributed by atoms with Crippen LogP contribution < -0.4 is 5.73 Å². The van der Waals surface area contributed by atoms with Crippen LogP contribution in [0.25, 0.3) is 0 Å². The topological polar surface area (TPSA) is 97.5 Å². The molecule has 3 aliphatic rings. The van der Waals surface area contributed by atoms with Crippen LogP contribution in [0.1, 0.15) is 60.0 Å². The van der Waals surface area contributed by atoms with Gasteiger partial charge < -0.3 is 10.6 Å². The Kier molecular flexibility index (Phi) is 5.93. The average Bonchev–Trinajstić information content (AvgIpc) is 3.77. The minimum atomic E-state index is -4.70. The Morgan fingerprint density at radius 3 is 2.43 bits per heavy atom. The van der Waals surface area contributed by atoms with Crippen molar-refractivity contribution in [3.8, 4) is 0 Å². The summed E-state index contributed by atoms with van der Waals surface area (Å²) in [6, 6.07) is 6.99. The van der Waals surface area contributed by atoms with Gasteiger partial charge in [-0.1, -0.05) is 19.1 Å². The van der Waals surface area contributed by atoms with E-state index < -0.39 is 56.7 Å². The first-order chi connectivity index (χ1) is 17.3. The summed E-state index contributed by atoms with van der Waals surface area (Å²) in [6.45, 7) is 1.48. The zero-order valence-electron chi connectivity index (χ0n) is 20.0. The number of alkyl halides is 3. The van der Waals surface area contributed by atoms with E-state index in [0.717, 1.165) is 12.1 Å². The largest absolute Gasteiger partial charge is 0.416 e. The predicted octanol–water partition coefficient (Wildman–Crippen LogP) is 4.29. The van der Waals surface area contributed by atoms with Gasteiger partial charge in [0.15, 0.2) is 9.84 Å². The molecule has 2 aliphatic carbocycles. The number of halogens is 4. The van der Waals surface area contributed by atoms with Crippen molar-refractivity contribution < 1.29 is 35.6 Å². The van der Waals surface area contributed by atoms with Gasteiger partial charge in [-0.05, 0) is 73.4 Å². The highest BCUT2D eigenvalue weighted by atomic mass is 32.2. The molecule has 3 fully saturated rings. The third kappa shape index (κ3) is 4.20. The molecule has 11 heteroatoms. The Bertz CT molecular complexity index is 1390. The molecule has 198 valence electrons. The Balaban J connectivity index is 1.59. The van der Waals surface area contributed by atoms with Crippen molar-refractivity contribution in [3.63, 3.8) is 0 Å². The third-order valence-corrected chi connectivity index (χ3v) is 9.78. The summed E-state index contributed by atoms with van der Waals surface area (Å²) < 4.78 is 79.6. The fraction of sp³-hybridized carbons (Fsp3) is 0.462. The maximum absolute atomic E-state index is 15.2. The van der Waals surface area contributed by atoms with Gasteiger partial charge in [-0.3, -0.25) is 9.59 Å². The lowest BCUT2D eigenvalue weighted by atomic mass is 9.82. The molecule has 0 radical (unpaired) electrons. The van der Waals surface area contributed by atoms with Crippen molar-refractivity contribution in [2.24, 2.45) is 17.6 Å². The quantitative estimate of drug-likeness (QED) is 0.532. The van der Waals surface area contributed by atoms with E-state index in [1.54, 1.807) is 0 Å². The number of nitrogens with zero attached hydrogens (tertiary/aromatic N) is 1. The standard InChI is InChI=1S/C26H26F4N2O4S/c1-2-37(35,36)18-5-3-4-15(10-18)24(34)32-21(23(31)33)12-17-13-25(17,32)22(14-6-7-14)19-9-8-16(11-20(19)27)26(28,29)30/h3-5,8-11,14,17,21-22H,2,6-7,12-13H2,1H3,(H2,31,33)/t17?,21?,22-,25?/m1/s1. The second kappa shape index (κ2) is 8.54. The first-order valence-electron chi connectivity index (χ1n) is 12.1. The molecule has 0 aromatic heterocycles. The summed E-state index contributed by atoms with van der Waals surface area (Å²) in [7, 11) is -3.61. The Hall–Kier alpha value is -2.95. The number of nitrogens with two attached hydrogens (primary N) is 1. The van der Waals surface area contributed by atoms with E-state index in [0.29, 0.717) is 25.3 Å². The molecule has 1 aliphatic heterocycles. The molecule has 1 heterocycles. The summed E-state index contributed by atoms with van der Waals surface area (Å²) in [5, 5.41) is 0. The molecule has 3 unspecified atom stereocenters. The van der Waals surface area contributed by atoms with Gasteiger partial charge in [-0.2, -0.15) is 13.2 Å². The van der Waals surface area contributed by atoms with Crippen molar-refractivity contribution in [3.05, 3.63) is 65.0 Å². The molecular weight excluding hydrogens is 512 g/mol. The Labute approximate surface area is 211 Å². The molecule has 2 aromatic carbocycles. The highest BCUT2D eigenvalue weighted by molar-refractivity contribution is 7.91. The average molecular weight is 539 g/mol. The molecular formula is C26H26F4N2O4S. The second-order valence-electron chi connectivity index (χ2n) is 10.2. The number of carbonyl (C=O) groups is 2. The number of likely N-dealkylation sites (tertiary alicyclic amines) is 1. The van der Waals surface area contributed by atoms with Crippen LogP contribution in [0.5, 0.6) is 0 Å². The normalized spacial score (nSPS) is 26.0. The number of rotatable bonds is 7. The van der Waals surface area contributed by atoms with Crippen molar-refractivity contribution >= 4 is 21.7 Å². The maximum Gasteiger partial charge on any atom is 0.416 e. The van der Waals surface area contributed by atoms with Gasteiger partial charge in [0.25, 0.3) is 5.91 Å². The summed E-state index contributed by atoms with van der Waals surface area (Å²) in [5.74, 6) is -3.36. The number of primary amides is 1. The van der Waals surface area contributed by atoms with Crippen LogP contribution in [0.3, 0.4) is 0 Å². The lowest BCUT2D eigenvalue weighted by Crippen LogP contribution is -2.53. The molecule has 4 atom stereocenters. The molecule has 0 spiro atoms. The second-order valence-corrected chi connectivity index (χ2v) is 12.5. The first kappa shape index (κ1) is 25.7. The summed E-state index contributed by atoms with van der Waals surface area (Å²) in [5.41, 5.74) is 3.72. The van der Waals surface area contributed by atoms with Crippen LogP contribution in [-0.2, 0) is 20.8 Å². The number of sulfone groups is 1. The van der Waals surface area contributed by atoms with Crippen LogP contribution in [0.4, 0.5) is 17.6 Å².